The second-order valence-corrected chi connectivity index (χ2v) is 5.46. The lowest BCUT2D eigenvalue weighted by Gasteiger charge is -2.33. The first-order chi connectivity index (χ1) is 9.13. The summed E-state index contributed by atoms with van der Waals surface area (Å²) in [5.41, 5.74) is -0.0274. The van der Waals surface area contributed by atoms with Gasteiger partial charge in [-0.25, -0.2) is 4.98 Å². The molecule has 1 fully saturated rings. The van der Waals surface area contributed by atoms with Gasteiger partial charge in [0.05, 0.1) is 4.92 Å². The number of rotatable bonds is 4. The van der Waals surface area contributed by atoms with Crippen LogP contribution in [0, 0.1) is 10.1 Å². The SMILES string of the molecule is CCNc1ncc([N+](=O)[O-])c(N2CCSCC2C)n1. The van der Waals surface area contributed by atoms with Crippen molar-refractivity contribution in [3.8, 4) is 0 Å². The third kappa shape index (κ3) is 3.06. The predicted molar refractivity (Wildman–Crippen MR) is 77.0 cm³/mol. The lowest BCUT2D eigenvalue weighted by Crippen LogP contribution is -2.41. The molecular weight excluding hydrogens is 266 g/mol. The maximum absolute atomic E-state index is 11.1. The Morgan fingerprint density at radius 3 is 3.11 bits per heavy atom. The molecule has 0 saturated carbocycles. The Labute approximate surface area is 116 Å². The first-order valence-corrected chi connectivity index (χ1v) is 7.38. The van der Waals surface area contributed by atoms with Crippen LogP contribution in [0.3, 0.4) is 0 Å². The molecule has 2 heterocycles. The summed E-state index contributed by atoms with van der Waals surface area (Å²) in [4.78, 5) is 21.0. The summed E-state index contributed by atoms with van der Waals surface area (Å²) in [6, 6.07) is 0.238. The molecule has 1 aromatic rings. The van der Waals surface area contributed by atoms with Gasteiger partial charge in [-0.3, -0.25) is 10.1 Å². The first-order valence-electron chi connectivity index (χ1n) is 6.23. The number of nitrogens with one attached hydrogen (secondary N) is 1. The molecule has 1 aromatic heterocycles. The fraction of sp³-hybridized carbons (Fsp3) is 0.636. The molecule has 0 aliphatic carbocycles. The van der Waals surface area contributed by atoms with Crippen LogP contribution in [-0.4, -0.2) is 45.5 Å². The van der Waals surface area contributed by atoms with E-state index in [0.29, 0.717) is 18.3 Å². The van der Waals surface area contributed by atoms with E-state index < -0.39 is 4.92 Å². The lowest BCUT2D eigenvalue weighted by molar-refractivity contribution is -0.384. The van der Waals surface area contributed by atoms with E-state index in [0.717, 1.165) is 18.1 Å². The van der Waals surface area contributed by atoms with E-state index in [1.165, 1.54) is 6.20 Å². The second-order valence-electron chi connectivity index (χ2n) is 4.31. The van der Waals surface area contributed by atoms with Crippen LogP contribution in [0.25, 0.3) is 0 Å². The fourth-order valence-corrected chi connectivity index (χ4v) is 3.01. The fourth-order valence-electron chi connectivity index (χ4n) is 1.99. The molecule has 0 amide bonds. The third-order valence-electron chi connectivity index (χ3n) is 2.92. The van der Waals surface area contributed by atoms with E-state index in [1.807, 2.05) is 23.6 Å². The van der Waals surface area contributed by atoms with Gasteiger partial charge in [0.1, 0.15) is 6.20 Å². The zero-order chi connectivity index (χ0) is 13.8. The Bertz CT molecular complexity index is 470. The highest BCUT2D eigenvalue weighted by atomic mass is 32.2. The summed E-state index contributed by atoms with van der Waals surface area (Å²) in [5, 5.41) is 14.1. The van der Waals surface area contributed by atoms with Gasteiger partial charge < -0.3 is 10.2 Å². The van der Waals surface area contributed by atoms with E-state index in [2.05, 4.69) is 22.2 Å². The quantitative estimate of drug-likeness (QED) is 0.665. The molecule has 1 atom stereocenters. The van der Waals surface area contributed by atoms with Gasteiger partial charge in [0.2, 0.25) is 11.8 Å². The minimum atomic E-state index is -0.417. The highest BCUT2D eigenvalue weighted by Gasteiger charge is 2.28. The van der Waals surface area contributed by atoms with Crippen LogP contribution in [0.1, 0.15) is 13.8 Å². The normalized spacial score (nSPS) is 19.3. The van der Waals surface area contributed by atoms with Crippen molar-refractivity contribution < 1.29 is 4.92 Å². The van der Waals surface area contributed by atoms with Gasteiger partial charge in [0.25, 0.3) is 0 Å². The second kappa shape index (κ2) is 6.05. The summed E-state index contributed by atoms with van der Waals surface area (Å²) in [6.07, 6.45) is 1.29. The van der Waals surface area contributed by atoms with Gasteiger partial charge in [0, 0.05) is 30.6 Å². The van der Waals surface area contributed by atoms with Crippen LogP contribution in [0.4, 0.5) is 17.5 Å². The summed E-state index contributed by atoms with van der Waals surface area (Å²) < 4.78 is 0. The van der Waals surface area contributed by atoms with Crippen molar-refractivity contribution >= 4 is 29.2 Å². The monoisotopic (exact) mass is 283 g/mol. The van der Waals surface area contributed by atoms with E-state index in [4.69, 9.17) is 0 Å². The van der Waals surface area contributed by atoms with Gasteiger partial charge in [-0.05, 0) is 13.8 Å². The van der Waals surface area contributed by atoms with Crippen LogP contribution < -0.4 is 10.2 Å². The van der Waals surface area contributed by atoms with E-state index in [1.54, 1.807) is 0 Å². The van der Waals surface area contributed by atoms with Crippen molar-refractivity contribution in [1.82, 2.24) is 9.97 Å². The third-order valence-corrected chi connectivity index (χ3v) is 4.11. The van der Waals surface area contributed by atoms with Crippen LogP contribution >= 0.6 is 11.8 Å². The zero-order valence-corrected chi connectivity index (χ0v) is 11.8. The van der Waals surface area contributed by atoms with Gasteiger partial charge in [0.15, 0.2) is 0 Å². The van der Waals surface area contributed by atoms with E-state index in [9.17, 15) is 10.1 Å². The van der Waals surface area contributed by atoms with Gasteiger partial charge in [-0.15, -0.1) is 0 Å². The number of nitrogens with zero attached hydrogens (tertiary/aromatic N) is 4. The number of nitro groups is 1. The Morgan fingerprint density at radius 2 is 2.47 bits per heavy atom. The molecule has 0 bridgehead atoms. The average molecular weight is 283 g/mol. The van der Waals surface area contributed by atoms with Crippen molar-refractivity contribution in [2.75, 3.05) is 34.8 Å². The van der Waals surface area contributed by atoms with Gasteiger partial charge in [-0.1, -0.05) is 0 Å². The first kappa shape index (κ1) is 13.9. The molecule has 0 spiro atoms. The summed E-state index contributed by atoms with van der Waals surface area (Å²) >= 11 is 1.86. The number of thioether (sulfide) groups is 1. The smallest absolute Gasteiger partial charge is 0.329 e. The average Bonchev–Trinajstić information content (AvgIpc) is 2.39. The van der Waals surface area contributed by atoms with Crippen molar-refractivity contribution in [2.45, 2.75) is 19.9 Å². The van der Waals surface area contributed by atoms with Crippen LogP contribution in [-0.2, 0) is 0 Å². The molecule has 1 N–H and O–H groups in total. The van der Waals surface area contributed by atoms with Crippen molar-refractivity contribution in [3.63, 3.8) is 0 Å². The minimum Gasteiger partial charge on any atom is -0.354 e. The molecule has 104 valence electrons. The molecule has 1 aliphatic rings. The maximum atomic E-state index is 11.1. The van der Waals surface area contributed by atoms with Crippen molar-refractivity contribution in [3.05, 3.63) is 16.3 Å². The molecule has 7 nitrogen and oxygen atoms in total. The zero-order valence-electron chi connectivity index (χ0n) is 11.0. The van der Waals surface area contributed by atoms with Crippen molar-refractivity contribution in [2.24, 2.45) is 0 Å². The molecular formula is C11H17N5O2S. The van der Waals surface area contributed by atoms with Crippen LogP contribution in [0.15, 0.2) is 6.20 Å². The lowest BCUT2D eigenvalue weighted by atomic mass is 10.3. The Kier molecular flexibility index (Phi) is 4.41. The Hall–Kier alpha value is -1.57. The predicted octanol–water partition coefficient (Wildman–Crippen LogP) is 1.76. The Morgan fingerprint density at radius 1 is 1.68 bits per heavy atom. The standard InChI is InChI=1S/C11H17N5O2S/c1-3-12-11-13-6-9(16(17)18)10(14-11)15-4-5-19-7-8(15)2/h6,8H,3-5,7H2,1-2H3,(H,12,13,14). The number of hydrogen-bond acceptors (Lipinski definition) is 7. The van der Waals surface area contributed by atoms with Crippen molar-refractivity contribution in [1.29, 1.82) is 0 Å². The topological polar surface area (TPSA) is 84.2 Å². The van der Waals surface area contributed by atoms with Crippen LogP contribution in [0.2, 0.25) is 0 Å². The molecule has 1 aliphatic heterocycles. The Balaban J connectivity index is 2.38. The molecule has 8 heteroatoms. The number of hydrogen-bond donors (Lipinski definition) is 1. The summed E-state index contributed by atoms with van der Waals surface area (Å²) in [5.74, 6) is 2.77. The molecule has 0 radical (unpaired) electrons. The summed E-state index contributed by atoms with van der Waals surface area (Å²) in [6.45, 7) is 5.45. The molecule has 0 aromatic carbocycles. The highest BCUT2D eigenvalue weighted by Crippen LogP contribution is 2.30. The number of aromatic nitrogens is 2. The maximum Gasteiger partial charge on any atom is 0.329 e. The molecule has 1 unspecified atom stereocenters. The van der Waals surface area contributed by atoms with Gasteiger partial charge >= 0.3 is 5.69 Å². The molecule has 19 heavy (non-hydrogen) atoms. The summed E-state index contributed by atoms with van der Waals surface area (Å²) in [7, 11) is 0. The molecule has 1 saturated heterocycles. The van der Waals surface area contributed by atoms with Gasteiger partial charge in [-0.2, -0.15) is 16.7 Å². The highest BCUT2D eigenvalue weighted by molar-refractivity contribution is 7.99. The molecule has 2 rings (SSSR count). The van der Waals surface area contributed by atoms with E-state index >= 15 is 0 Å². The van der Waals surface area contributed by atoms with E-state index in [-0.39, 0.29) is 11.7 Å². The van der Waals surface area contributed by atoms with Crippen LogP contribution in [0.5, 0.6) is 0 Å². The number of anilines is 2. The largest absolute Gasteiger partial charge is 0.354 e. The minimum absolute atomic E-state index is 0.0274.